The molecule has 1 aromatic rings. The predicted octanol–water partition coefficient (Wildman–Crippen LogP) is 1.14. The number of methoxy groups -OCH3 is 1. The minimum absolute atomic E-state index is 0.0313. The smallest absolute Gasteiger partial charge is 0.330 e. The Bertz CT molecular complexity index is 751. The molecule has 1 aliphatic rings. The largest absolute Gasteiger partial charge is 0.414 e. The quantitative estimate of drug-likeness (QED) is 0.736. The lowest BCUT2D eigenvalue weighted by atomic mass is 10.1. The molecule has 2 heterocycles. The molecule has 0 aliphatic carbocycles. The molecule has 2 rings (SSSR count). The number of ether oxygens (including phenoxy) is 2. The van der Waals surface area contributed by atoms with E-state index in [1.54, 1.807) is 6.92 Å². The van der Waals surface area contributed by atoms with Crippen molar-refractivity contribution in [3.05, 3.63) is 32.6 Å². The van der Waals surface area contributed by atoms with E-state index in [1.165, 1.54) is 17.9 Å². The van der Waals surface area contributed by atoms with Gasteiger partial charge in [-0.3, -0.25) is 14.3 Å². The summed E-state index contributed by atoms with van der Waals surface area (Å²) < 4.78 is 18.7. The van der Waals surface area contributed by atoms with Crippen molar-refractivity contribution in [3.63, 3.8) is 0 Å². The molecule has 4 atom stereocenters. The lowest BCUT2D eigenvalue weighted by Gasteiger charge is -2.37. The molecule has 1 aromatic heterocycles. The molecule has 8 nitrogen and oxygen atoms in total. The monoisotopic (exact) mass is 386 g/mol. The Morgan fingerprint density at radius 1 is 1.35 bits per heavy atom. The molecule has 1 fully saturated rings. The molecule has 0 radical (unpaired) electrons. The summed E-state index contributed by atoms with van der Waals surface area (Å²) in [6.07, 6.45) is -1.74. The third-order valence-corrected chi connectivity index (χ3v) is 9.92. The number of aliphatic hydroxyl groups excluding tert-OH is 1. The van der Waals surface area contributed by atoms with E-state index in [4.69, 9.17) is 13.9 Å². The van der Waals surface area contributed by atoms with Gasteiger partial charge in [0, 0.05) is 18.9 Å². The number of aromatic nitrogens is 2. The van der Waals surface area contributed by atoms with E-state index >= 15 is 0 Å². The maximum absolute atomic E-state index is 12.2. The summed E-state index contributed by atoms with van der Waals surface area (Å²) in [6, 6.07) is 0. The van der Waals surface area contributed by atoms with Gasteiger partial charge in [-0.25, -0.2) is 4.79 Å². The summed E-state index contributed by atoms with van der Waals surface area (Å²) in [5, 5.41) is 10.6. The number of H-pyrrole nitrogens is 1. The van der Waals surface area contributed by atoms with Crippen LogP contribution in [0.4, 0.5) is 0 Å². The molecule has 26 heavy (non-hydrogen) atoms. The van der Waals surface area contributed by atoms with Crippen molar-refractivity contribution in [2.75, 3.05) is 13.7 Å². The Morgan fingerprint density at radius 3 is 2.50 bits per heavy atom. The van der Waals surface area contributed by atoms with Crippen LogP contribution >= 0.6 is 0 Å². The highest BCUT2D eigenvalue weighted by atomic mass is 28.4. The Balaban J connectivity index is 2.23. The van der Waals surface area contributed by atoms with Crippen molar-refractivity contribution in [1.29, 1.82) is 0 Å². The van der Waals surface area contributed by atoms with Gasteiger partial charge < -0.3 is 19.0 Å². The van der Waals surface area contributed by atoms with Crippen LogP contribution < -0.4 is 11.2 Å². The molecule has 148 valence electrons. The maximum Gasteiger partial charge on any atom is 0.330 e. The number of aromatic amines is 1. The predicted molar refractivity (Wildman–Crippen MR) is 99.9 cm³/mol. The van der Waals surface area contributed by atoms with E-state index in [1.807, 2.05) is 0 Å². The van der Waals surface area contributed by atoms with Crippen molar-refractivity contribution in [2.45, 2.75) is 70.4 Å². The van der Waals surface area contributed by atoms with Crippen LogP contribution in [0.15, 0.2) is 15.8 Å². The molecule has 9 heteroatoms. The van der Waals surface area contributed by atoms with E-state index in [0.717, 1.165) is 0 Å². The molecule has 2 N–H and O–H groups in total. The molecule has 1 aliphatic heterocycles. The molecular formula is C17H30N2O6Si. The minimum atomic E-state index is -2.01. The van der Waals surface area contributed by atoms with Crippen molar-refractivity contribution >= 4 is 8.32 Å². The molecule has 0 aromatic carbocycles. The Kier molecular flexibility index (Phi) is 5.98. The van der Waals surface area contributed by atoms with Gasteiger partial charge in [0.05, 0.1) is 6.61 Å². The average molecular weight is 387 g/mol. The van der Waals surface area contributed by atoms with Crippen molar-refractivity contribution in [1.82, 2.24) is 9.55 Å². The zero-order chi connectivity index (χ0) is 19.9. The van der Waals surface area contributed by atoms with Gasteiger partial charge in [0.25, 0.3) is 5.56 Å². The van der Waals surface area contributed by atoms with Crippen LogP contribution in [-0.4, -0.2) is 55.0 Å². The van der Waals surface area contributed by atoms with Crippen LogP contribution in [0.1, 0.15) is 32.6 Å². The first-order chi connectivity index (χ1) is 11.9. The van der Waals surface area contributed by atoms with Gasteiger partial charge in [0.1, 0.15) is 18.3 Å². The second kappa shape index (κ2) is 7.39. The lowest BCUT2D eigenvalue weighted by molar-refractivity contribution is -0.0614. The summed E-state index contributed by atoms with van der Waals surface area (Å²) in [6.45, 7) is 12.5. The van der Waals surface area contributed by atoms with Gasteiger partial charge in [-0.15, -0.1) is 0 Å². The Hall–Kier alpha value is -1.26. The summed E-state index contributed by atoms with van der Waals surface area (Å²) >= 11 is 0. The molecule has 0 amide bonds. The number of rotatable bonds is 5. The topological polar surface area (TPSA) is 103 Å². The Labute approximate surface area is 154 Å². The highest BCUT2D eigenvalue weighted by Gasteiger charge is 2.47. The molecule has 1 saturated heterocycles. The van der Waals surface area contributed by atoms with Crippen molar-refractivity contribution < 1.29 is 19.0 Å². The number of aryl methyl sites for hydroxylation is 1. The van der Waals surface area contributed by atoms with Crippen LogP contribution in [-0.2, 0) is 13.9 Å². The van der Waals surface area contributed by atoms with Crippen LogP contribution in [0.3, 0.4) is 0 Å². The van der Waals surface area contributed by atoms with E-state index in [2.05, 4.69) is 38.8 Å². The van der Waals surface area contributed by atoms with Gasteiger partial charge in [0.2, 0.25) is 0 Å². The van der Waals surface area contributed by atoms with E-state index in [0.29, 0.717) is 5.56 Å². The maximum atomic E-state index is 12.2. The highest BCUT2D eigenvalue weighted by molar-refractivity contribution is 6.74. The zero-order valence-electron chi connectivity index (χ0n) is 16.5. The fraction of sp³-hybridized carbons (Fsp3) is 0.765. The van der Waals surface area contributed by atoms with Gasteiger partial charge in [-0.1, -0.05) is 20.8 Å². The van der Waals surface area contributed by atoms with Crippen LogP contribution in [0, 0.1) is 6.92 Å². The van der Waals surface area contributed by atoms with Crippen LogP contribution in [0.25, 0.3) is 0 Å². The second-order valence-electron chi connectivity index (χ2n) is 8.31. The van der Waals surface area contributed by atoms with Gasteiger partial charge in [-0.2, -0.15) is 0 Å². The van der Waals surface area contributed by atoms with Gasteiger partial charge in [0.15, 0.2) is 14.5 Å². The third kappa shape index (κ3) is 4.01. The normalized spacial score (nSPS) is 27.1. The zero-order valence-corrected chi connectivity index (χ0v) is 17.5. The fourth-order valence-corrected chi connectivity index (χ4v) is 3.63. The average Bonchev–Trinajstić information content (AvgIpc) is 2.83. The number of hydrogen-bond acceptors (Lipinski definition) is 6. The first-order valence-corrected chi connectivity index (χ1v) is 11.6. The third-order valence-electron chi connectivity index (χ3n) is 5.42. The lowest BCUT2D eigenvalue weighted by Crippen LogP contribution is -2.44. The highest BCUT2D eigenvalue weighted by Crippen LogP contribution is 2.38. The molecule has 0 unspecified atom stereocenters. The molecule has 0 spiro atoms. The molecule has 0 bridgehead atoms. The second-order valence-corrected chi connectivity index (χ2v) is 13.1. The first-order valence-electron chi connectivity index (χ1n) is 8.71. The van der Waals surface area contributed by atoms with E-state index < -0.39 is 44.1 Å². The summed E-state index contributed by atoms with van der Waals surface area (Å²) in [4.78, 5) is 26.0. The van der Waals surface area contributed by atoms with Crippen molar-refractivity contribution in [2.24, 2.45) is 0 Å². The summed E-state index contributed by atoms with van der Waals surface area (Å²) in [7, 11) is -0.561. The molecular weight excluding hydrogens is 356 g/mol. The minimum Gasteiger partial charge on any atom is -0.414 e. The number of aliphatic hydroxyl groups is 1. The standard InChI is InChI=1S/C17H30N2O6Si/c1-10-8-19(16(22)18-14(10)21)15-13(23-5)12(20)11(25-15)9-24-26(6,7)17(2,3)4/h8,11-13,15,20H,9H2,1-7H3,(H,18,21,22)/t11-,12-,13-,15-/m1/s1. The number of nitrogens with one attached hydrogen (secondary N) is 1. The Morgan fingerprint density at radius 2 is 1.96 bits per heavy atom. The van der Waals surface area contributed by atoms with Gasteiger partial charge in [-0.05, 0) is 25.1 Å². The van der Waals surface area contributed by atoms with E-state index in [9.17, 15) is 14.7 Å². The fourth-order valence-electron chi connectivity index (χ4n) is 2.62. The molecule has 0 saturated carbocycles. The summed E-state index contributed by atoms with van der Waals surface area (Å²) in [5.74, 6) is 0. The first kappa shape index (κ1) is 21.0. The number of hydrogen-bond donors (Lipinski definition) is 2. The van der Waals surface area contributed by atoms with Gasteiger partial charge >= 0.3 is 5.69 Å². The van der Waals surface area contributed by atoms with Crippen molar-refractivity contribution in [3.8, 4) is 0 Å². The SMILES string of the molecule is CO[C@@H]1[C@H](O)[C@@H](CO[Si](C)(C)C(C)(C)C)O[C@H]1n1cc(C)c(=O)[nH]c1=O. The van der Waals surface area contributed by atoms with Crippen LogP contribution in [0.2, 0.25) is 18.1 Å². The van der Waals surface area contributed by atoms with Crippen LogP contribution in [0.5, 0.6) is 0 Å². The summed E-state index contributed by atoms with van der Waals surface area (Å²) in [5.41, 5.74) is -0.680. The number of nitrogens with zero attached hydrogens (tertiary/aromatic N) is 1. The van der Waals surface area contributed by atoms with E-state index in [-0.39, 0.29) is 11.6 Å².